The number of nitrogens with zero attached hydrogens (tertiary/aromatic N) is 5. The van der Waals surface area contributed by atoms with Crippen molar-refractivity contribution in [3.05, 3.63) is 102 Å². The van der Waals surface area contributed by atoms with Gasteiger partial charge >= 0.3 is 6.18 Å². The van der Waals surface area contributed by atoms with Crippen LogP contribution in [0.4, 0.5) is 24.5 Å². The third-order valence-corrected chi connectivity index (χ3v) is 8.47. The van der Waals surface area contributed by atoms with Crippen LogP contribution in [0.1, 0.15) is 23.6 Å². The summed E-state index contributed by atoms with van der Waals surface area (Å²) in [6.45, 7) is 5.32. The van der Waals surface area contributed by atoms with Gasteiger partial charge in [-0.2, -0.15) is 13.2 Å². The van der Waals surface area contributed by atoms with Crippen molar-refractivity contribution in [3.8, 4) is 23.1 Å². The second kappa shape index (κ2) is 14.4. The van der Waals surface area contributed by atoms with Crippen molar-refractivity contribution in [2.45, 2.75) is 26.2 Å². The third-order valence-electron chi connectivity index (χ3n) is 8.47. The van der Waals surface area contributed by atoms with Crippen LogP contribution in [-0.2, 0) is 28.9 Å². The van der Waals surface area contributed by atoms with Crippen LogP contribution in [0, 0.1) is 0 Å². The predicted octanol–water partition coefficient (Wildman–Crippen LogP) is 5.96. The molecule has 256 valence electrons. The van der Waals surface area contributed by atoms with Crippen molar-refractivity contribution in [1.82, 2.24) is 14.8 Å². The first-order valence-corrected chi connectivity index (χ1v) is 15.8. The van der Waals surface area contributed by atoms with Crippen molar-refractivity contribution in [3.63, 3.8) is 0 Å². The summed E-state index contributed by atoms with van der Waals surface area (Å²) in [7, 11) is 1.82. The zero-order chi connectivity index (χ0) is 34.5. The molecule has 0 unspecified atom stereocenters. The Hall–Kier alpha value is -5.30. The average molecular weight is 676 g/mol. The number of carbonyl (C=O) groups is 2. The maximum atomic E-state index is 13.2. The first kappa shape index (κ1) is 33.6. The summed E-state index contributed by atoms with van der Waals surface area (Å²) >= 11 is 0. The number of hydrogen-bond donors (Lipinski definition) is 0. The molecule has 2 aliphatic heterocycles. The highest BCUT2D eigenvalue weighted by molar-refractivity contribution is 5.97. The van der Waals surface area contributed by atoms with Crippen molar-refractivity contribution in [1.29, 1.82) is 0 Å². The van der Waals surface area contributed by atoms with E-state index in [1.165, 1.54) is 24.0 Å². The molecule has 1 aromatic heterocycles. The number of benzene rings is 3. The molecule has 2 amide bonds. The van der Waals surface area contributed by atoms with E-state index in [2.05, 4.69) is 9.88 Å². The minimum absolute atomic E-state index is 0.0687. The average Bonchev–Trinajstić information content (AvgIpc) is 3.56. The van der Waals surface area contributed by atoms with Gasteiger partial charge < -0.3 is 28.9 Å². The third kappa shape index (κ3) is 8.41. The van der Waals surface area contributed by atoms with E-state index in [-0.39, 0.29) is 25.2 Å². The number of anilines is 2. The maximum Gasteiger partial charge on any atom is 0.416 e. The first-order chi connectivity index (χ1) is 23.5. The number of ether oxygens (including phenoxy) is 3. The molecule has 0 spiro atoms. The minimum atomic E-state index is -4.37. The minimum Gasteiger partial charge on any atom is -0.454 e. The van der Waals surface area contributed by atoms with Gasteiger partial charge in [0.1, 0.15) is 12.3 Å². The van der Waals surface area contributed by atoms with Gasteiger partial charge in [0, 0.05) is 65.0 Å². The number of amides is 2. The summed E-state index contributed by atoms with van der Waals surface area (Å²) in [4.78, 5) is 37.5. The van der Waals surface area contributed by atoms with Crippen LogP contribution in [-0.4, -0.2) is 73.2 Å². The Morgan fingerprint density at radius 3 is 2.18 bits per heavy atom. The largest absolute Gasteiger partial charge is 0.454 e. The first-order valence-electron chi connectivity index (χ1n) is 15.8. The Bertz CT molecular complexity index is 1760. The van der Waals surface area contributed by atoms with Crippen molar-refractivity contribution in [2.24, 2.45) is 0 Å². The SMILES string of the molecule is CC(=O)N(CC(=O)N1CCN(Cc2ccc3c(c2)OCO3)CC1)c1ccc(Oc2ccc(N(C)Cc3ccc(C(F)(F)F)cc3)cn2)cc1. The van der Waals surface area contributed by atoms with E-state index in [9.17, 15) is 22.8 Å². The maximum absolute atomic E-state index is 13.2. The van der Waals surface area contributed by atoms with Gasteiger partial charge in [0.05, 0.1) is 17.4 Å². The molecule has 0 bridgehead atoms. The van der Waals surface area contributed by atoms with E-state index in [1.54, 1.807) is 47.5 Å². The van der Waals surface area contributed by atoms with Crippen molar-refractivity contribution in [2.75, 3.05) is 56.4 Å². The lowest BCUT2D eigenvalue weighted by Gasteiger charge is -2.35. The second-order valence-corrected chi connectivity index (χ2v) is 12.0. The number of alkyl halides is 3. The van der Waals surface area contributed by atoms with Gasteiger partial charge in [-0.1, -0.05) is 18.2 Å². The van der Waals surface area contributed by atoms with Gasteiger partial charge in [0.15, 0.2) is 11.5 Å². The highest BCUT2D eigenvalue weighted by atomic mass is 19.4. The molecule has 6 rings (SSSR count). The molecule has 3 heterocycles. The van der Waals surface area contributed by atoms with Gasteiger partial charge in [-0.15, -0.1) is 0 Å². The molecule has 13 heteroatoms. The quantitative estimate of drug-likeness (QED) is 0.204. The lowest BCUT2D eigenvalue weighted by molar-refractivity contribution is -0.137. The number of halogens is 3. The van der Waals surface area contributed by atoms with Gasteiger partial charge in [-0.05, 0) is 65.7 Å². The fraction of sp³-hybridized carbons (Fsp3) is 0.306. The summed E-state index contributed by atoms with van der Waals surface area (Å²) < 4.78 is 55.3. The second-order valence-electron chi connectivity index (χ2n) is 12.0. The van der Waals surface area contributed by atoms with Gasteiger partial charge in [0.2, 0.25) is 24.5 Å². The molecule has 3 aromatic carbocycles. The summed E-state index contributed by atoms with van der Waals surface area (Å²) in [6.07, 6.45) is -2.75. The Kier molecular flexibility index (Phi) is 9.90. The predicted molar refractivity (Wildman–Crippen MR) is 177 cm³/mol. The molecule has 49 heavy (non-hydrogen) atoms. The molecule has 1 fully saturated rings. The molecule has 10 nitrogen and oxygen atoms in total. The molecular formula is C36H36F3N5O5. The van der Waals surface area contributed by atoms with Crippen LogP contribution in [0.5, 0.6) is 23.1 Å². The highest BCUT2D eigenvalue weighted by Gasteiger charge is 2.30. The molecule has 0 aliphatic carbocycles. The smallest absolute Gasteiger partial charge is 0.416 e. The molecule has 0 radical (unpaired) electrons. The number of pyridine rings is 1. The van der Waals surface area contributed by atoms with Crippen LogP contribution >= 0.6 is 0 Å². The van der Waals surface area contributed by atoms with Gasteiger partial charge in [-0.3, -0.25) is 14.5 Å². The van der Waals surface area contributed by atoms with E-state index in [1.807, 2.05) is 30.1 Å². The normalized spacial score (nSPS) is 14.4. The Balaban J connectivity index is 0.986. The van der Waals surface area contributed by atoms with Gasteiger partial charge in [0.25, 0.3) is 0 Å². The Morgan fingerprint density at radius 2 is 1.53 bits per heavy atom. The molecular weight excluding hydrogens is 639 g/mol. The lowest BCUT2D eigenvalue weighted by atomic mass is 10.1. The summed E-state index contributed by atoms with van der Waals surface area (Å²) in [6, 6.07) is 21.4. The van der Waals surface area contributed by atoms with E-state index >= 15 is 0 Å². The molecule has 2 aliphatic rings. The highest BCUT2D eigenvalue weighted by Crippen LogP contribution is 2.33. The fourth-order valence-electron chi connectivity index (χ4n) is 5.71. The summed E-state index contributed by atoms with van der Waals surface area (Å²) in [5, 5.41) is 0. The van der Waals surface area contributed by atoms with Gasteiger partial charge in [-0.25, -0.2) is 4.98 Å². The van der Waals surface area contributed by atoms with Crippen molar-refractivity contribution >= 4 is 23.2 Å². The molecule has 0 N–H and O–H groups in total. The zero-order valence-electron chi connectivity index (χ0n) is 27.2. The zero-order valence-corrected chi connectivity index (χ0v) is 27.2. The van der Waals surface area contributed by atoms with E-state index in [4.69, 9.17) is 14.2 Å². The van der Waals surface area contributed by atoms with E-state index in [0.717, 1.165) is 60.1 Å². The van der Waals surface area contributed by atoms with Crippen LogP contribution in [0.3, 0.4) is 0 Å². The molecule has 0 saturated carbocycles. The van der Waals surface area contributed by atoms with Crippen LogP contribution < -0.4 is 24.0 Å². The number of carbonyl (C=O) groups excluding carboxylic acids is 2. The lowest BCUT2D eigenvalue weighted by Crippen LogP contribution is -2.51. The number of aromatic nitrogens is 1. The summed E-state index contributed by atoms with van der Waals surface area (Å²) in [5.41, 5.74) is 2.50. The number of rotatable bonds is 10. The van der Waals surface area contributed by atoms with Crippen LogP contribution in [0.15, 0.2) is 85.1 Å². The van der Waals surface area contributed by atoms with Crippen LogP contribution in [0.2, 0.25) is 0 Å². The monoisotopic (exact) mass is 675 g/mol. The fourth-order valence-corrected chi connectivity index (χ4v) is 5.71. The van der Waals surface area contributed by atoms with Crippen molar-refractivity contribution < 1.29 is 37.0 Å². The standard InChI is InChI=1S/C36H36F3N5O5/c1-25(45)44(23-35(46)43-17-15-42(16-18-43)22-27-5-13-32-33(19-27)48-24-47-32)29-8-11-31(12-9-29)49-34-14-10-30(20-40-34)41(2)21-26-3-6-28(7-4-26)36(37,38)39/h3-14,19-20H,15-18,21-24H2,1-2H3. The molecule has 4 aromatic rings. The molecule has 1 saturated heterocycles. The topological polar surface area (TPSA) is 87.7 Å². The van der Waals surface area contributed by atoms with E-state index < -0.39 is 11.7 Å². The van der Waals surface area contributed by atoms with E-state index in [0.29, 0.717) is 37.0 Å². The molecule has 0 atom stereocenters. The van der Waals surface area contributed by atoms with Crippen LogP contribution in [0.25, 0.3) is 0 Å². The Morgan fingerprint density at radius 1 is 0.857 bits per heavy atom. The number of hydrogen-bond acceptors (Lipinski definition) is 8. The Labute approximate surface area is 282 Å². The number of fused-ring (bicyclic) bond motifs is 1. The summed E-state index contributed by atoms with van der Waals surface area (Å²) in [5.74, 6) is 1.98. The number of piperazine rings is 1.